The number of rotatable bonds is 5. The Morgan fingerprint density at radius 3 is 2.71 bits per heavy atom. The van der Waals surface area contributed by atoms with Crippen molar-refractivity contribution >= 4 is 28.5 Å². The Labute approximate surface area is 247 Å². The molecular weight excluding hydrogens is 564 g/mol. The van der Waals surface area contributed by atoms with Gasteiger partial charge in [-0.3, -0.25) is 9.69 Å². The van der Waals surface area contributed by atoms with Crippen LogP contribution in [0.3, 0.4) is 0 Å². The highest BCUT2D eigenvalue weighted by atomic mass is 32.1. The van der Waals surface area contributed by atoms with Gasteiger partial charge in [0.05, 0.1) is 16.7 Å². The molecule has 1 saturated heterocycles. The maximum Gasteiger partial charge on any atom is 0.416 e. The lowest BCUT2D eigenvalue weighted by Crippen LogP contribution is -2.51. The lowest BCUT2D eigenvalue weighted by atomic mass is 9.67. The summed E-state index contributed by atoms with van der Waals surface area (Å²) in [6, 6.07) is 11.1. The van der Waals surface area contributed by atoms with Crippen LogP contribution in [0.2, 0.25) is 0 Å². The number of likely N-dealkylation sites (tertiary alicyclic amines) is 1. The predicted molar refractivity (Wildman–Crippen MR) is 156 cm³/mol. The van der Waals surface area contributed by atoms with Gasteiger partial charge < -0.3 is 10.6 Å². The second-order valence-electron chi connectivity index (χ2n) is 12.2. The summed E-state index contributed by atoms with van der Waals surface area (Å²) < 4.78 is 54.1. The summed E-state index contributed by atoms with van der Waals surface area (Å²) in [4.78, 5) is 22.6. The fourth-order valence-corrected chi connectivity index (χ4v) is 8.21. The molecule has 2 N–H and O–H groups in total. The highest BCUT2D eigenvalue weighted by Gasteiger charge is 2.52. The van der Waals surface area contributed by atoms with Crippen LogP contribution in [0.4, 0.5) is 22.7 Å². The maximum absolute atomic E-state index is 14.2. The van der Waals surface area contributed by atoms with Gasteiger partial charge in [-0.05, 0) is 73.0 Å². The normalized spacial score (nSPS) is 27.5. The van der Waals surface area contributed by atoms with Crippen molar-refractivity contribution in [1.82, 2.24) is 14.8 Å². The van der Waals surface area contributed by atoms with E-state index in [1.54, 1.807) is 7.05 Å². The van der Waals surface area contributed by atoms with Crippen molar-refractivity contribution in [3.63, 3.8) is 0 Å². The summed E-state index contributed by atoms with van der Waals surface area (Å²) in [6.45, 7) is 3.94. The van der Waals surface area contributed by atoms with Crippen molar-refractivity contribution in [2.75, 3.05) is 25.9 Å². The number of thiazole rings is 1. The SMILES string of the molecule is CC1CN(C2CCC(C(=O)N(C)Cc3cc(F)cc(C(F)(F)F)c3)(c3csc(N)n3)C2)CCC12C=Cc1ccccc12. The number of hydrogen-bond donors (Lipinski definition) is 1. The number of aromatic nitrogens is 1. The molecule has 2 fully saturated rings. The van der Waals surface area contributed by atoms with Crippen LogP contribution < -0.4 is 5.73 Å². The topological polar surface area (TPSA) is 62.5 Å². The number of piperidine rings is 1. The van der Waals surface area contributed by atoms with E-state index in [4.69, 9.17) is 5.73 Å². The zero-order valence-corrected chi connectivity index (χ0v) is 24.4. The second-order valence-corrected chi connectivity index (χ2v) is 13.1. The van der Waals surface area contributed by atoms with Crippen molar-refractivity contribution < 1.29 is 22.4 Å². The Balaban J connectivity index is 1.23. The number of amides is 1. The van der Waals surface area contributed by atoms with Crippen LogP contribution in [-0.2, 0) is 28.3 Å². The van der Waals surface area contributed by atoms with Crippen molar-refractivity contribution in [1.29, 1.82) is 0 Å². The molecule has 42 heavy (non-hydrogen) atoms. The van der Waals surface area contributed by atoms with Gasteiger partial charge in [-0.25, -0.2) is 9.37 Å². The van der Waals surface area contributed by atoms with Gasteiger partial charge in [-0.15, -0.1) is 11.3 Å². The summed E-state index contributed by atoms with van der Waals surface area (Å²) in [6.07, 6.45) is 2.80. The molecule has 1 amide bonds. The Morgan fingerprint density at radius 1 is 1.21 bits per heavy atom. The lowest BCUT2D eigenvalue weighted by Gasteiger charge is -2.46. The number of nitrogens with two attached hydrogens (primary N) is 1. The van der Waals surface area contributed by atoms with Gasteiger partial charge in [-0.2, -0.15) is 13.2 Å². The van der Waals surface area contributed by atoms with Crippen LogP contribution in [0.5, 0.6) is 0 Å². The molecule has 6 rings (SSSR count). The molecular formula is C32H34F4N4OS. The molecule has 222 valence electrons. The molecule has 10 heteroatoms. The van der Waals surface area contributed by atoms with E-state index in [1.807, 2.05) is 5.38 Å². The minimum Gasteiger partial charge on any atom is -0.375 e. The third-order valence-electron chi connectivity index (χ3n) is 9.70. The maximum atomic E-state index is 14.2. The fourth-order valence-electron chi connectivity index (χ4n) is 7.55. The summed E-state index contributed by atoms with van der Waals surface area (Å²) in [5.74, 6) is -0.840. The second kappa shape index (κ2) is 10.5. The van der Waals surface area contributed by atoms with Gasteiger partial charge in [0, 0.05) is 37.0 Å². The van der Waals surface area contributed by atoms with Gasteiger partial charge in [-0.1, -0.05) is 43.3 Å². The number of nitrogen functional groups attached to an aromatic ring is 1. The van der Waals surface area contributed by atoms with E-state index in [1.165, 1.54) is 27.4 Å². The molecule has 0 bridgehead atoms. The van der Waals surface area contributed by atoms with Gasteiger partial charge in [0.25, 0.3) is 0 Å². The Morgan fingerprint density at radius 2 is 2.00 bits per heavy atom. The van der Waals surface area contributed by atoms with Crippen LogP contribution in [0.25, 0.3) is 6.08 Å². The highest BCUT2D eigenvalue weighted by Crippen LogP contribution is 2.50. The fraction of sp³-hybridized carbons (Fsp3) is 0.438. The standard InChI is InChI=1S/C32H34F4N4OS/c1-20-17-40(12-11-30(20)9-7-22-5-3-4-6-26(22)30)25-8-10-31(16-25,27-19-42-29(37)38-27)28(41)39(2)18-21-13-23(32(34,35)36)15-24(33)14-21/h3-7,9,13-15,19-20,25H,8,10-12,16-18H2,1-2H3,(H2,37,38). The zero-order valence-electron chi connectivity index (χ0n) is 23.6. The van der Waals surface area contributed by atoms with E-state index in [0.717, 1.165) is 38.1 Å². The lowest BCUT2D eigenvalue weighted by molar-refractivity contribution is -0.137. The molecule has 1 saturated carbocycles. The zero-order chi connectivity index (χ0) is 29.9. The van der Waals surface area contributed by atoms with E-state index in [9.17, 15) is 22.4 Å². The molecule has 4 unspecified atom stereocenters. The van der Waals surface area contributed by atoms with E-state index in [2.05, 4.69) is 53.2 Å². The van der Waals surface area contributed by atoms with Gasteiger partial charge in [0.2, 0.25) is 5.91 Å². The highest BCUT2D eigenvalue weighted by molar-refractivity contribution is 7.13. The Kier molecular flexibility index (Phi) is 7.20. The van der Waals surface area contributed by atoms with E-state index >= 15 is 0 Å². The molecule has 3 aromatic rings. The molecule has 1 aromatic heterocycles. The van der Waals surface area contributed by atoms with Crippen LogP contribution in [0.1, 0.15) is 60.6 Å². The number of halogens is 4. The predicted octanol–water partition coefficient (Wildman–Crippen LogP) is 6.64. The largest absolute Gasteiger partial charge is 0.416 e. The molecule has 2 aromatic carbocycles. The minimum atomic E-state index is -4.68. The Bertz CT molecular complexity index is 1540. The van der Waals surface area contributed by atoms with Gasteiger partial charge >= 0.3 is 6.18 Å². The van der Waals surface area contributed by atoms with Crippen molar-refractivity contribution in [3.05, 3.63) is 87.7 Å². The van der Waals surface area contributed by atoms with Crippen molar-refractivity contribution in [3.8, 4) is 0 Å². The average molecular weight is 599 g/mol. The monoisotopic (exact) mass is 598 g/mol. The first-order valence-corrected chi connectivity index (χ1v) is 15.2. The van der Waals surface area contributed by atoms with Crippen LogP contribution in [0.15, 0.2) is 53.9 Å². The van der Waals surface area contributed by atoms with Crippen LogP contribution in [0, 0.1) is 11.7 Å². The number of hydrogen-bond acceptors (Lipinski definition) is 5. The first-order chi connectivity index (χ1) is 19.9. The molecule has 1 spiro atoms. The molecule has 3 aliphatic rings. The van der Waals surface area contributed by atoms with E-state index in [0.29, 0.717) is 35.7 Å². The summed E-state index contributed by atoms with van der Waals surface area (Å²) >= 11 is 1.27. The number of alkyl halides is 3. The number of fused-ring (bicyclic) bond motifs is 2. The first-order valence-electron chi connectivity index (χ1n) is 14.3. The molecule has 5 nitrogen and oxygen atoms in total. The van der Waals surface area contributed by atoms with Crippen molar-refractivity contribution in [2.24, 2.45) is 5.92 Å². The van der Waals surface area contributed by atoms with Gasteiger partial charge in [0.15, 0.2) is 5.13 Å². The molecule has 0 radical (unpaired) electrons. The number of benzene rings is 2. The Hall–Kier alpha value is -3.24. The third kappa shape index (κ3) is 4.92. The minimum absolute atomic E-state index is 0.0163. The van der Waals surface area contributed by atoms with E-state index in [-0.39, 0.29) is 29.5 Å². The molecule has 2 heterocycles. The summed E-state index contributed by atoms with van der Waals surface area (Å²) in [5, 5.41) is 2.19. The number of anilines is 1. The average Bonchev–Trinajstić information content (AvgIpc) is 3.68. The molecule has 2 aliphatic carbocycles. The first kappa shape index (κ1) is 28.9. The van der Waals surface area contributed by atoms with Gasteiger partial charge in [0.1, 0.15) is 5.82 Å². The number of allylic oxidation sites excluding steroid dienone is 1. The number of carbonyl (C=O) groups is 1. The quantitative estimate of drug-likeness (QED) is 0.335. The van der Waals surface area contributed by atoms with Crippen LogP contribution >= 0.6 is 11.3 Å². The summed E-state index contributed by atoms with van der Waals surface area (Å²) in [7, 11) is 1.56. The smallest absolute Gasteiger partial charge is 0.375 e. The van der Waals surface area contributed by atoms with E-state index < -0.39 is 23.0 Å². The molecule has 4 atom stereocenters. The molecule has 1 aliphatic heterocycles. The van der Waals surface area contributed by atoms with Crippen molar-refractivity contribution in [2.45, 2.75) is 62.2 Å². The number of carbonyl (C=O) groups excluding carboxylic acids is 1. The van der Waals surface area contributed by atoms with Crippen LogP contribution in [-0.4, -0.2) is 46.9 Å². The third-order valence-corrected chi connectivity index (χ3v) is 10.4. The summed E-state index contributed by atoms with van der Waals surface area (Å²) in [5.41, 5.74) is 7.35. The number of likely N-dealkylation sites (N-methyl/N-ethyl adjacent to an activating group) is 1. The number of nitrogens with zero attached hydrogens (tertiary/aromatic N) is 3.